The molecule has 1 aliphatic rings. The van der Waals surface area contributed by atoms with Gasteiger partial charge in [-0.15, -0.1) is 0 Å². The maximum atomic E-state index is 10.6. The molecule has 0 aromatic heterocycles. The van der Waals surface area contributed by atoms with Gasteiger partial charge in [-0.1, -0.05) is 6.92 Å². The molecule has 5 nitrogen and oxygen atoms in total. The summed E-state index contributed by atoms with van der Waals surface area (Å²) in [7, 11) is 0. The van der Waals surface area contributed by atoms with E-state index in [9.17, 15) is 10.1 Å². The molecule has 0 amide bonds. The highest BCUT2D eigenvalue weighted by atomic mass is 32.1. The molecule has 102 valence electrons. The van der Waals surface area contributed by atoms with Crippen molar-refractivity contribution in [2.45, 2.75) is 19.8 Å². The fraction of sp³-hybridized carbons (Fsp3) is 0.462. The Balaban J connectivity index is 1.93. The molecule has 0 atom stereocenters. The van der Waals surface area contributed by atoms with Crippen molar-refractivity contribution in [3.05, 3.63) is 34.4 Å². The molecule has 0 aliphatic carbocycles. The Kier molecular flexibility index (Phi) is 4.31. The van der Waals surface area contributed by atoms with Gasteiger partial charge in [-0.3, -0.25) is 10.1 Å². The zero-order chi connectivity index (χ0) is 13.8. The molecule has 2 rings (SSSR count). The number of rotatable bonds is 2. The number of piperidine rings is 1. The van der Waals surface area contributed by atoms with Crippen LogP contribution in [0, 0.1) is 16.0 Å². The van der Waals surface area contributed by atoms with Crippen LogP contribution in [0.4, 0.5) is 11.4 Å². The number of hydrogen-bond acceptors (Lipinski definition) is 3. The molecule has 1 aliphatic heterocycles. The van der Waals surface area contributed by atoms with Crippen LogP contribution in [0.3, 0.4) is 0 Å². The average molecular weight is 279 g/mol. The Hall–Kier alpha value is -1.69. The molecule has 1 heterocycles. The van der Waals surface area contributed by atoms with Crippen LogP contribution in [0.1, 0.15) is 19.8 Å². The van der Waals surface area contributed by atoms with Crippen molar-refractivity contribution in [2.24, 2.45) is 5.92 Å². The fourth-order valence-electron chi connectivity index (χ4n) is 2.08. The van der Waals surface area contributed by atoms with Crippen molar-refractivity contribution < 1.29 is 4.92 Å². The summed E-state index contributed by atoms with van der Waals surface area (Å²) in [5, 5.41) is 14.4. The molecule has 1 saturated heterocycles. The largest absolute Gasteiger partial charge is 0.349 e. The number of nitrogens with one attached hydrogen (secondary N) is 1. The first-order valence-corrected chi connectivity index (χ1v) is 6.77. The van der Waals surface area contributed by atoms with E-state index in [1.807, 2.05) is 0 Å². The summed E-state index contributed by atoms with van der Waals surface area (Å²) in [6.45, 7) is 4.20. The first kappa shape index (κ1) is 13.7. The van der Waals surface area contributed by atoms with E-state index in [1.54, 1.807) is 12.1 Å². The smallest absolute Gasteiger partial charge is 0.269 e. The molecular weight excluding hydrogens is 262 g/mol. The highest BCUT2D eigenvalue weighted by Gasteiger charge is 2.17. The quantitative estimate of drug-likeness (QED) is 0.512. The van der Waals surface area contributed by atoms with Gasteiger partial charge >= 0.3 is 0 Å². The van der Waals surface area contributed by atoms with E-state index < -0.39 is 4.92 Å². The minimum absolute atomic E-state index is 0.0864. The Bertz CT molecular complexity index is 467. The summed E-state index contributed by atoms with van der Waals surface area (Å²) in [6, 6.07) is 6.31. The Morgan fingerprint density at radius 2 is 1.95 bits per heavy atom. The number of thiocarbonyl (C=S) groups is 1. The minimum atomic E-state index is -0.409. The van der Waals surface area contributed by atoms with E-state index in [4.69, 9.17) is 12.2 Å². The molecule has 6 heteroatoms. The maximum Gasteiger partial charge on any atom is 0.269 e. The zero-order valence-corrected chi connectivity index (χ0v) is 11.7. The Morgan fingerprint density at radius 1 is 1.37 bits per heavy atom. The molecule has 0 bridgehead atoms. The number of non-ortho nitro benzene ring substituents is 1. The topological polar surface area (TPSA) is 58.4 Å². The van der Waals surface area contributed by atoms with Gasteiger partial charge in [0.2, 0.25) is 0 Å². The van der Waals surface area contributed by atoms with E-state index in [-0.39, 0.29) is 5.69 Å². The third-order valence-electron chi connectivity index (χ3n) is 3.40. The van der Waals surface area contributed by atoms with Crippen LogP contribution in [0.2, 0.25) is 0 Å². The molecular formula is C13H17N3O2S. The summed E-state index contributed by atoms with van der Waals surface area (Å²) in [6.07, 6.45) is 2.31. The molecule has 1 aromatic carbocycles. The molecule has 0 radical (unpaired) electrons. The van der Waals surface area contributed by atoms with Gasteiger partial charge in [-0.05, 0) is 43.1 Å². The average Bonchev–Trinajstić information content (AvgIpc) is 2.40. The first-order valence-electron chi connectivity index (χ1n) is 6.36. The molecule has 0 spiro atoms. The van der Waals surface area contributed by atoms with Crippen LogP contribution in [0.15, 0.2) is 24.3 Å². The van der Waals surface area contributed by atoms with Crippen molar-refractivity contribution in [2.75, 3.05) is 18.4 Å². The molecule has 19 heavy (non-hydrogen) atoms. The molecule has 1 aromatic rings. The van der Waals surface area contributed by atoms with Crippen LogP contribution in [-0.4, -0.2) is 28.0 Å². The number of nitro benzene ring substituents is 1. The van der Waals surface area contributed by atoms with Crippen LogP contribution in [0.25, 0.3) is 0 Å². The van der Waals surface area contributed by atoms with Crippen LogP contribution >= 0.6 is 12.2 Å². The summed E-state index contributed by atoms with van der Waals surface area (Å²) in [4.78, 5) is 12.3. The number of nitrogens with zero attached hydrogens (tertiary/aromatic N) is 2. The summed E-state index contributed by atoms with van der Waals surface area (Å²) >= 11 is 5.36. The SMILES string of the molecule is CC1CCN(C(=S)Nc2ccc([N+](=O)[O-])cc2)CC1. The lowest BCUT2D eigenvalue weighted by Gasteiger charge is -2.32. The lowest BCUT2D eigenvalue weighted by Crippen LogP contribution is -2.40. The van der Waals surface area contributed by atoms with Gasteiger partial charge in [0.15, 0.2) is 5.11 Å². The molecule has 1 fully saturated rings. The number of benzene rings is 1. The first-order chi connectivity index (χ1) is 9.06. The van der Waals surface area contributed by atoms with Crippen molar-refractivity contribution in [3.8, 4) is 0 Å². The normalized spacial score (nSPS) is 16.2. The Morgan fingerprint density at radius 3 is 2.47 bits per heavy atom. The summed E-state index contributed by atoms with van der Waals surface area (Å²) in [5.74, 6) is 0.762. The van der Waals surface area contributed by atoms with Crippen molar-refractivity contribution >= 4 is 28.7 Å². The van der Waals surface area contributed by atoms with Gasteiger partial charge in [-0.2, -0.15) is 0 Å². The van der Waals surface area contributed by atoms with E-state index in [0.717, 1.165) is 37.5 Å². The van der Waals surface area contributed by atoms with E-state index >= 15 is 0 Å². The lowest BCUT2D eigenvalue weighted by atomic mass is 10.00. The maximum absolute atomic E-state index is 10.6. The standard InChI is InChI=1S/C13H17N3O2S/c1-10-6-8-15(9-7-10)13(19)14-11-2-4-12(5-3-11)16(17)18/h2-5,10H,6-9H2,1H3,(H,14,19). The van der Waals surface area contributed by atoms with Gasteiger partial charge in [0.1, 0.15) is 0 Å². The predicted molar refractivity (Wildman–Crippen MR) is 79.3 cm³/mol. The van der Waals surface area contributed by atoms with Gasteiger partial charge in [0.25, 0.3) is 5.69 Å². The van der Waals surface area contributed by atoms with Crippen molar-refractivity contribution in [3.63, 3.8) is 0 Å². The Labute approximate surface area is 117 Å². The van der Waals surface area contributed by atoms with E-state index in [1.165, 1.54) is 12.1 Å². The van der Waals surface area contributed by atoms with Crippen molar-refractivity contribution in [1.82, 2.24) is 4.90 Å². The van der Waals surface area contributed by atoms with E-state index in [2.05, 4.69) is 17.1 Å². The zero-order valence-electron chi connectivity index (χ0n) is 10.8. The number of hydrogen-bond donors (Lipinski definition) is 1. The molecule has 0 saturated carbocycles. The lowest BCUT2D eigenvalue weighted by molar-refractivity contribution is -0.384. The van der Waals surface area contributed by atoms with Gasteiger partial charge in [0.05, 0.1) is 4.92 Å². The number of nitro groups is 1. The van der Waals surface area contributed by atoms with Crippen LogP contribution in [-0.2, 0) is 0 Å². The minimum Gasteiger partial charge on any atom is -0.349 e. The second-order valence-electron chi connectivity index (χ2n) is 4.90. The fourth-order valence-corrected chi connectivity index (χ4v) is 2.38. The highest BCUT2D eigenvalue weighted by molar-refractivity contribution is 7.80. The van der Waals surface area contributed by atoms with Gasteiger partial charge in [-0.25, -0.2) is 0 Å². The second-order valence-corrected chi connectivity index (χ2v) is 5.29. The summed E-state index contributed by atoms with van der Waals surface area (Å²) in [5.41, 5.74) is 0.873. The predicted octanol–water partition coefficient (Wildman–Crippen LogP) is 3.02. The second kappa shape index (κ2) is 5.97. The summed E-state index contributed by atoms with van der Waals surface area (Å²) < 4.78 is 0. The number of likely N-dealkylation sites (tertiary alicyclic amines) is 1. The third kappa shape index (κ3) is 3.64. The third-order valence-corrected chi connectivity index (χ3v) is 3.76. The van der Waals surface area contributed by atoms with Crippen LogP contribution in [0.5, 0.6) is 0 Å². The van der Waals surface area contributed by atoms with Crippen molar-refractivity contribution in [1.29, 1.82) is 0 Å². The monoisotopic (exact) mass is 279 g/mol. The highest BCUT2D eigenvalue weighted by Crippen LogP contribution is 2.19. The molecule has 0 unspecified atom stereocenters. The molecule has 1 N–H and O–H groups in total. The number of anilines is 1. The van der Waals surface area contributed by atoms with Gasteiger partial charge in [0, 0.05) is 30.9 Å². The van der Waals surface area contributed by atoms with E-state index in [0.29, 0.717) is 5.11 Å². The van der Waals surface area contributed by atoms with Crippen LogP contribution < -0.4 is 5.32 Å². The van der Waals surface area contributed by atoms with Gasteiger partial charge < -0.3 is 10.2 Å².